The van der Waals surface area contributed by atoms with Crippen molar-refractivity contribution in [2.75, 3.05) is 26.7 Å². The molecule has 5 heteroatoms. The lowest BCUT2D eigenvalue weighted by Gasteiger charge is -2.28. The van der Waals surface area contributed by atoms with Crippen LogP contribution in [0.4, 0.5) is 4.79 Å². The van der Waals surface area contributed by atoms with Gasteiger partial charge in [0, 0.05) is 19.0 Å². The maximum atomic E-state index is 12.1. The van der Waals surface area contributed by atoms with Crippen molar-refractivity contribution in [1.82, 2.24) is 10.2 Å². The highest BCUT2D eigenvalue weighted by Gasteiger charge is 2.35. The highest BCUT2D eigenvalue weighted by atomic mass is 16.6. The second kappa shape index (κ2) is 6.69. The Bertz CT molecular complexity index is 401. The van der Waals surface area contributed by atoms with Crippen LogP contribution in [0.1, 0.15) is 40.0 Å². The summed E-state index contributed by atoms with van der Waals surface area (Å²) in [7, 11) is 1.96. The number of rotatable bonds is 3. The fourth-order valence-corrected chi connectivity index (χ4v) is 2.96. The van der Waals surface area contributed by atoms with Gasteiger partial charge < -0.3 is 19.7 Å². The Labute approximate surface area is 127 Å². The molecule has 5 nitrogen and oxygen atoms in total. The van der Waals surface area contributed by atoms with E-state index in [0.717, 1.165) is 44.7 Å². The Kier molecular flexibility index (Phi) is 5.14. The third-order valence-electron chi connectivity index (χ3n) is 3.93. The van der Waals surface area contributed by atoms with Gasteiger partial charge in [-0.05, 0) is 53.2 Å². The second-order valence-electron chi connectivity index (χ2n) is 6.84. The van der Waals surface area contributed by atoms with Crippen LogP contribution in [-0.4, -0.2) is 49.4 Å². The predicted octanol–water partition coefficient (Wildman–Crippen LogP) is 2.53. The van der Waals surface area contributed by atoms with Crippen molar-refractivity contribution in [2.24, 2.45) is 5.92 Å². The Morgan fingerprint density at radius 2 is 2.29 bits per heavy atom. The van der Waals surface area contributed by atoms with Crippen molar-refractivity contribution in [3.05, 3.63) is 11.8 Å². The number of carbonyl (C=O) groups excluding carboxylic acids is 1. The van der Waals surface area contributed by atoms with Crippen LogP contribution in [0.2, 0.25) is 0 Å². The van der Waals surface area contributed by atoms with Crippen molar-refractivity contribution in [3.63, 3.8) is 0 Å². The van der Waals surface area contributed by atoms with Gasteiger partial charge in [-0.25, -0.2) is 4.79 Å². The highest BCUT2D eigenvalue weighted by Crippen LogP contribution is 2.27. The van der Waals surface area contributed by atoms with Crippen LogP contribution >= 0.6 is 0 Å². The Balaban J connectivity index is 1.94. The number of nitrogens with one attached hydrogen (secondary N) is 1. The lowest BCUT2D eigenvalue weighted by atomic mass is 9.96. The first-order valence-corrected chi connectivity index (χ1v) is 7.89. The molecule has 2 rings (SSSR count). The van der Waals surface area contributed by atoms with E-state index in [1.54, 1.807) is 0 Å². The summed E-state index contributed by atoms with van der Waals surface area (Å²) >= 11 is 0. The molecule has 0 spiro atoms. The van der Waals surface area contributed by atoms with Crippen LogP contribution in [0.25, 0.3) is 0 Å². The highest BCUT2D eigenvalue weighted by molar-refractivity contribution is 5.68. The first-order chi connectivity index (χ1) is 9.90. The Morgan fingerprint density at radius 1 is 1.52 bits per heavy atom. The van der Waals surface area contributed by atoms with Crippen LogP contribution in [0, 0.1) is 5.92 Å². The first kappa shape index (κ1) is 16.1. The molecule has 1 N–H and O–H groups in total. The summed E-state index contributed by atoms with van der Waals surface area (Å²) < 4.78 is 11.2. The number of nitrogens with zero attached hydrogens (tertiary/aromatic N) is 1. The molecule has 0 aromatic rings. The summed E-state index contributed by atoms with van der Waals surface area (Å²) in [5.41, 5.74) is -0.438. The molecule has 1 saturated heterocycles. The molecule has 0 aromatic carbocycles. The molecule has 0 bridgehead atoms. The average molecular weight is 296 g/mol. The zero-order chi connectivity index (χ0) is 15.5. The van der Waals surface area contributed by atoms with Gasteiger partial charge in [0.25, 0.3) is 0 Å². The number of allylic oxidation sites excluding steroid dienone is 1. The zero-order valence-electron chi connectivity index (χ0n) is 13.6. The molecule has 2 aliphatic rings. The van der Waals surface area contributed by atoms with Crippen molar-refractivity contribution in [1.29, 1.82) is 0 Å². The predicted molar refractivity (Wildman–Crippen MR) is 82.0 cm³/mol. The van der Waals surface area contributed by atoms with Gasteiger partial charge in [-0.15, -0.1) is 0 Å². The minimum atomic E-state index is -0.438. The number of amides is 1. The molecule has 2 atom stereocenters. The maximum Gasteiger partial charge on any atom is 0.410 e. The van der Waals surface area contributed by atoms with Crippen molar-refractivity contribution >= 4 is 6.09 Å². The third kappa shape index (κ3) is 4.37. The fourth-order valence-electron chi connectivity index (χ4n) is 2.96. The van der Waals surface area contributed by atoms with E-state index in [9.17, 15) is 4.79 Å². The normalized spacial score (nSPS) is 24.3. The number of carbonyl (C=O) groups is 1. The number of likely N-dealkylation sites (N-methyl/N-ethyl adjacent to an activating group) is 1. The SMILES string of the molecule is CNC(C1=CCCCO1)C1CCN(C(=O)OC(C)(C)C)C1. The van der Waals surface area contributed by atoms with Gasteiger partial charge in [0.2, 0.25) is 0 Å². The number of ether oxygens (including phenoxy) is 2. The lowest BCUT2D eigenvalue weighted by molar-refractivity contribution is 0.0283. The van der Waals surface area contributed by atoms with Gasteiger partial charge in [0.15, 0.2) is 0 Å². The molecule has 1 amide bonds. The summed E-state index contributed by atoms with van der Waals surface area (Å²) in [5, 5.41) is 3.35. The maximum absolute atomic E-state index is 12.1. The molecular weight excluding hydrogens is 268 g/mol. The van der Waals surface area contributed by atoms with Gasteiger partial charge in [-0.1, -0.05) is 0 Å². The molecule has 2 unspecified atom stereocenters. The van der Waals surface area contributed by atoms with E-state index < -0.39 is 5.60 Å². The van der Waals surface area contributed by atoms with E-state index in [1.807, 2.05) is 32.7 Å². The lowest BCUT2D eigenvalue weighted by Crippen LogP contribution is -2.40. The quantitative estimate of drug-likeness (QED) is 0.869. The first-order valence-electron chi connectivity index (χ1n) is 7.89. The summed E-state index contributed by atoms with van der Waals surface area (Å²) in [4.78, 5) is 13.9. The van der Waals surface area contributed by atoms with Crippen LogP contribution in [0.3, 0.4) is 0 Å². The van der Waals surface area contributed by atoms with E-state index in [2.05, 4.69) is 11.4 Å². The summed E-state index contributed by atoms with van der Waals surface area (Å²) in [6.45, 7) is 7.97. The molecule has 2 heterocycles. The number of likely N-dealkylation sites (tertiary alicyclic amines) is 1. The topological polar surface area (TPSA) is 50.8 Å². The van der Waals surface area contributed by atoms with Crippen LogP contribution < -0.4 is 5.32 Å². The standard InChI is InChI=1S/C16H28N2O3/c1-16(2,3)21-15(19)18-9-8-12(11-18)14(17-4)13-7-5-6-10-20-13/h7,12,14,17H,5-6,8-11H2,1-4H3. The van der Waals surface area contributed by atoms with Crippen molar-refractivity contribution < 1.29 is 14.3 Å². The van der Waals surface area contributed by atoms with Gasteiger partial charge in [0.1, 0.15) is 11.4 Å². The summed E-state index contributed by atoms with van der Waals surface area (Å²) in [5.74, 6) is 1.42. The van der Waals surface area contributed by atoms with E-state index >= 15 is 0 Å². The van der Waals surface area contributed by atoms with Crippen LogP contribution in [0.15, 0.2) is 11.8 Å². The number of hydrogen-bond acceptors (Lipinski definition) is 4. The third-order valence-corrected chi connectivity index (χ3v) is 3.93. The monoisotopic (exact) mass is 296 g/mol. The molecule has 120 valence electrons. The van der Waals surface area contributed by atoms with E-state index in [4.69, 9.17) is 9.47 Å². The van der Waals surface area contributed by atoms with Gasteiger partial charge >= 0.3 is 6.09 Å². The average Bonchev–Trinajstić information content (AvgIpc) is 2.89. The summed E-state index contributed by atoms with van der Waals surface area (Å²) in [6.07, 6.45) is 5.12. The van der Waals surface area contributed by atoms with Crippen molar-refractivity contribution in [2.45, 2.75) is 51.7 Å². The minimum Gasteiger partial charge on any atom is -0.497 e. The second-order valence-corrected chi connectivity index (χ2v) is 6.84. The molecule has 2 aliphatic heterocycles. The Morgan fingerprint density at radius 3 is 2.86 bits per heavy atom. The fraction of sp³-hybridized carbons (Fsp3) is 0.812. The smallest absolute Gasteiger partial charge is 0.410 e. The molecule has 1 fully saturated rings. The van der Waals surface area contributed by atoms with Crippen molar-refractivity contribution in [3.8, 4) is 0 Å². The van der Waals surface area contributed by atoms with E-state index in [1.165, 1.54) is 0 Å². The number of hydrogen-bond donors (Lipinski definition) is 1. The molecular formula is C16H28N2O3. The van der Waals surface area contributed by atoms with Crippen LogP contribution in [-0.2, 0) is 9.47 Å². The van der Waals surface area contributed by atoms with Crippen LogP contribution in [0.5, 0.6) is 0 Å². The largest absolute Gasteiger partial charge is 0.497 e. The molecule has 0 saturated carbocycles. The van der Waals surface area contributed by atoms with Gasteiger partial charge in [-0.3, -0.25) is 0 Å². The van der Waals surface area contributed by atoms with E-state index in [-0.39, 0.29) is 12.1 Å². The van der Waals surface area contributed by atoms with Gasteiger partial charge in [-0.2, -0.15) is 0 Å². The van der Waals surface area contributed by atoms with E-state index in [0.29, 0.717) is 5.92 Å². The summed E-state index contributed by atoms with van der Waals surface area (Å²) in [6, 6.07) is 0.192. The minimum absolute atomic E-state index is 0.192. The molecule has 0 radical (unpaired) electrons. The molecule has 21 heavy (non-hydrogen) atoms. The van der Waals surface area contributed by atoms with Gasteiger partial charge in [0.05, 0.1) is 12.6 Å². The molecule has 0 aliphatic carbocycles. The zero-order valence-corrected chi connectivity index (χ0v) is 13.6. The molecule has 0 aromatic heterocycles. The Hall–Kier alpha value is -1.23.